The van der Waals surface area contributed by atoms with E-state index in [1.165, 1.54) is 0 Å². The van der Waals surface area contributed by atoms with Crippen LogP contribution in [-0.4, -0.2) is 23.2 Å². The fourth-order valence-corrected chi connectivity index (χ4v) is 1.40. The number of aliphatic hydroxyl groups is 1. The Balaban J connectivity index is 3.58. The van der Waals surface area contributed by atoms with Crippen molar-refractivity contribution < 1.29 is 23.1 Å². The predicted octanol–water partition coefficient (Wildman–Crippen LogP) is 3.23. The lowest BCUT2D eigenvalue weighted by Crippen LogP contribution is -2.36. The van der Waals surface area contributed by atoms with Gasteiger partial charge in [0.25, 0.3) is 0 Å². The van der Waals surface area contributed by atoms with E-state index in [4.69, 9.17) is 5.11 Å². The van der Waals surface area contributed by atoms with Crippen molar-refractivity contribution in [2.75, 3.05) is 0 Å². The second-order valence-electron chi connectivity index (χ2n) is 3.93. The van der Waals surface area contributed by atoms with Gasteiger partial charge in [0.1, 0.15) is 0 Å². The molecular formula is C11H19F3O2. The molecule has 1 atom stereocenters. The fraction of sp³-hybridized carbons (Fsp3) is 0.909. The molecule has 0 fully saturated rings. The minimum atomic E-state index is -4.82. The van der Waals surface area contributed by atoms with E-state index in [0.717, 1.165) is 32.1 Å². The van der Waals surface area contributed by atoms with Gasteiger partial charge in [-0.15, -0.1) is 0 Å². The average Bonchev–Trinajstić information content (AvgIpc) is 2.20. The van der Waals surface area contributed by atoms with Gasteiger partial charge < -0.3 is 5.11 Å². The lowest BCUT2D eigenvalue weighted by atomic mass is 10.1. The summed E-state index contributed by atoms with van der Waals surface area (Å²) >= 11 is 0. The molecule has 0 saturated heterocycles. The topological polar surface area (TPSA) is 37.3 Å². The van der Waals surface area contributed by atoms with E-state index >= 15 is 0 Å². The normalized spacial score (nSPS) is 13.8. The van der Waals surface area contributed by atoms with Gasteiger partial charge in [-0.25, -0.2) is 0 Å². The molecular weight excluding hydrogens is 221 g/mol. The number of hydrogen-bond acceptors (Lipinski definition) is 2. The summed E-state index contributed by atoms with van der Waals surface area (Å²) in [5, 5.41) is 8.62. The fourth-order valence-electron chi connectivity index (χ4n) is 1.40. The maximum atomic E-state index is 11.9. The number of hydrogen-bond donors (Lipinski definition) is 1. The first-order valence-electron chi connectivity index (χ1n) is 5.67. The number of carbonyl (C=O) groups is 1. The SMILES string of the molecule is CCCCCCCCC(=O)C(O)C(F)(F)F. The van der Waals surface area contributed by atoms with Gasteiger partial charge in [0.15, 0.2) is 5.78 Å². The zero-order chi connectivity index (χ0) is 12.6. The third kappa shape index (κ3) is 6.82. The molecule has 0 aliphatic carbocycles. The molecule has 1 unspecified atom stereocenters. The molecule has 0 aromatic carbocycles. The molecule has 0 spiro atoms. The van der Waals surface area contributed by atoms with E-state index in [1.54, 1.807) is 0 Å². The Morgan fingerprint density at radius 3 is 2.12 bits per heavy atom. The van der Waals surface area contributed by atoms with Crippen LogP contribution >= 0.6 is 0 Å². The zero-order valence-corrected chi connectivity index (χ0v) is 9.52. The van der Waals surface area contributed by atoms with Crippen molar-refractivity contribution in [1.29, 1.82) is 0 Å². The first-order chi connectivity index (χ1) is 7.39. The van der Waals surface area contributed by atoms with E-state index < -0.39 is 18.1 Å². The summed E-state index contributed by atoms with van der Waals surface area (Å²) in [5.74, 6) is -1.12. The molecule has 96 valence electrons. The molecule has 0 aliphatic rings. The Morgan fingerprint density at radius 2 is 1.62 bits per heavy atom. The van der Waals surface area contributed by atoms with Crippen LogP contribution in [0.1, 0.15) is 51.9 Å². The Labute approximate surface area is 93.8 Å². The molecule has 0 bridgehead atoms. The van der Waals surface area contributed by atoms with Gasteiger partial charge in [-0.3, -0.25) is 4.79 Å². The van der Waals surface area contributed by atoms with Gasteiger partial charge in [0.05, 0.1) is 0 Å². The number of aliphatic hydroxyl groups excluding tert-OH is 1. The molecule has 0 radical (unpaired) electrons. The number of carbonyl (C=O) groups excluding carboxylic acids is 1. The van der Waals surface area contributed by atoms with Crippen LogP contribution in [0.15, 0.2) is 0 Å². The van der Waals surface area contributed by atoms with Gasteiger partial charge in [-0.2, -0.15) is 13.2 Å². The van der Waals surface area contributed by atoms with Crippen molar-refractivity contribution in [2.45, 2.75) is 64.1 Å². The standard InChI is InChI=1S/C11H19F3O2/c1-2-3-4-5-6-7-8-9(15)10(16)11(12,13)14/h10,16H,2-8H2,1H3. The summed E-state index contributed by atoms with van der Waals surface area (Å²) in [7, 11) is 0. The highest BCUT2D eigenvalue weighted by Crippen LogP contribution is 2.22. The second-order valence-corrected chi connectivity index (χ2v) is 3.93. The average molecular weight is 240 g/mol. The minimum Gasteiger partial charge on any atom is -0.377 e. The van der Waals surface area contributed by atoms with Crippen molar-refractivity contribution in [2.24, 2.45) is 0 Å². The molecule has 0 rings (SSSR count). The first-order valence-corrected chi connectivity index (χ1v) is 5.67. The molecule has 0 heterocycles. The second kappa shape index (κ2) is 7.65. The molecule has 0 amide bonds. The summed E-state index contributed by atoms with van der Waals surface area (Å²) in [6.45, 7) is 2.07. The van der Waals surface area contributed by atoms with E-state index in [0.29, 0.717) is 6.42 Å². The smallest absolute Gasteiger partial charge is 0.377 e. The maximum Gasteiger partial charge on any atom is 0.421 e. The summed E-state index contributed by atoms with van der Waals surface area (Å²) in [5.41, 5.74) is 0. The van der Waals surface area contributed by atoms with Crippen LogP contribution in [0.5, 0.6) is 0 Å². The zero-order valence-electron chi connectivity index (χ0n) is 9.52. The van der Waals surface area contributed by atoms with Crippen LogP contribution in [0.3, 0.4) is 0 Å². The number of halogens is 3. The monoisotopic (exact) mass is 240 g/mol. The largest absolute Gasteiger partial charge is 0.421 e. The third-order valence-corrected chi connectivity index (χ3v) is 2.39. The van der Waals surface area contributed by atoms with E-state index in [-0.39, 0.29) is 6.42 Å². The molecule has 5 heteroatoms. The van der Waals surface area contributed by atoms with Gasteiger partial charge in [0, 0.05) is 6.42 Å². The summed E-state index contributed by atoms with van der Waals surface area (Å²) < 4.78 is 35.7. The third-order valence-electron chi connectivity index (χ3n) is 2.39. The lowest BCUT2D eigenvalue weighted by molar-refractivity contribution is -0.203. The molecule has 16 heavy (non-hydrogen) atoms. The van der Waals surface area contributed by atoms with Crippen molar-refractivity contribution in [3.8, 4) is 0 Å². The van der Waals surface area contributed by atoms with Gasteiger partial charge in [0.2, 0.25) is 6.10 Å². The van der Waals surface area contributed by atoms with Crippen molar-refractivity contribution >= 4 is 5.78 Å². The van der Waals surface area contributed by atoms with Crippen molar-refractivity contribution in [3.05, 3.63) is 0 Å². The molecule has 1 N–H and O–H groups in total. The van der Waals surface area contributed by atoms with Crippen LogP contribution in [0.25, 0.3) is 0 Å². The minimum absolute atomic E-state index is 0.188. The quantitative estimate of drug-likeness (QED) is 0.661. The summed E-state index contributed by atoms with van der Waals surface area (Å²) in [4.78, 5) is 10.9. The van der Waals surface area contributed by atoms with E-state index in [2.05, 4.69) is 6.92 Å². The van der Waals surface area contributed by atoms with Gasteiger partial charge in [-0.05, 0) is 6.42 Å². The highest BCUT2D eigenvalue weighted by atomic mass is 19.4. The molecule has 0 saturated carbocycles. The van der Waals surface area contributed by atoms with Crippen molar-refractivity contribution in [1.82, 2.24) is 0 Å². The highest BCUT2D eigenvalue weighted by molar-refractivity contribution is 5.83. The molecule has 0 aliphatic heterocycles. The predicted molar refractivity (Wildman–Crippen MR) is 55.1 cm³/mol. The Bertz CT molecular complexity index is 202. The summed E-state index contributed by atoms with van der Waals surface area (Å²) in [6, 6.07) is 0. The number of alkyl halides is 3. The molecule has 0 aromatic heterocycles. The van der Waals surface area contributed by atoms with E-state index in [1.807, 2.05) is 0 Å². The number of ketones is 1. The first kappa shape index (κ1) is 15.4. The molecule has 0 aromatic rings. The maximum absolute atomic E-state index is 11.9. The van der Waals surface area contributed by atoms with Crippen LogP contribution in [0.2, 0.25) is 0 Å². The number of rotatable bonds is 8. The van der Waals surface area contributed by atoms with Crippen LogP contribution in [-0.2, 0) is 4.79 Å². The van der Waals surface area contributed by atoms with Gasteiger partial charge >= 0.3 is 6.18 Å². The Kier molecular flexibility index (Phi) is 7.38. The van der Waals surface area contributed by atoms with Crippen LogP contribution < -0.4 is 0 Å². The van der Waals surface area contributed by atoms with Crippen LogP contribution in [0, 0.1) is 0 Å². The van der Waals surface area contributed by atoms with E-state index in [9.17, 15) is 18.0 Å². The summed E-state index contributed by atoms with van der Waals surface area (Å²) in [6.07, 6.45) is -2.44. The number of unbranched alkanes of at least 4 members (excludes halogenated alkanes) is 5. The lowest BCUT2D eigenvalue weighted by Gasteiger charge is -2.12. The Morgan fingerprint density at radius 1 is 1.12 bits per heavy atom. The Hall–Kier alpha value is -0.580. The van der Waals surface area contributed by atoms with Crippen molar-refractivity contribution in [3.63, 3.8) is 0 Å². The highest BCUT2D eigenvalue weighted by Gasteiger charge is 2.42. The molecule has 2 nitrogen and oxygen atoms in total. The van der Waals surface area contributed by atoms with Crippen LogP contribution in [0.4, 0.5) is 13.2 Å². The number of Topliss-reactive ketones (excluding diaryl/α,β-unsaturated/α-hetero) is 1. The van der Waals surface area contributed by atoms with Gasteiger partial charge in [-0.1, -0.05) is 39.0 Å².